The Morgan fingerprint density at radius 2 is 2.25 bits per heavy atom. The molecule has 0 aliphatic carbocycles. The Bertz CT molecular complexity index is 527. The minimum Gasteiger partial charge on any atom is -0.307 e. The van der Waals surface area contributed by atoms with E-state index in [9.17, 15) is 8.42 Å². The maximum atomic E-state index is 11.4. The van der Waals surface area contributed by atoms with Gasteiger partial charge in [-0.2, -0.15) is 0 Å². The first kappa shape index (κ1) is 10.2. The fraction of sp³-hybridized carbons (Fsp3) is 0.600. The van der Waals surface area contributed by atoms with E-state index in [1.54, 1.807) is 0 Å². The van der Waals surface area contributed by atoms with Crippen LogP contribution in [-0.2, 0) is 22.9 Å². The molecule has 2 aliphatic rings. The molecule has 6 heteroatoms. The second-order valence-corrected chi connectivity index (χ2v) is 6.63. The molecule has 1 unspecified atom stereocenters. The van der Waals surface area contributed by atoms with Crippen LogP contribution in [0.1, 0.15) is 29.4 Å². The Balaban J connectivity index is 1.91. The highest BCUT2D eigenvalue weighted by atomic mass is 32.2. The third-order valence-electron chi connectivity index (χ3n) is 3.18. The van der Waals surface area contributed by atoms with E-state index in [1.807, 2.05) is 6.20 Å². The monoisotopic (exact) mass is 239 g/mol. The standard InChI is InChI=1S/C10H13N3O2S/c14-16(15)2-1-7(6-16)10-12-4-8-3-11-5-9(8)13-10/h4,7,11H,1-3,5-6H2. The van der Waals surface area contributed by atoms with E-state index in [1.165, 1.54) is 0 Å². The van der Waals surface area contributed by atoms with Gasteiger partial charge in [-0.05, 0) is 6.42 Å². The molecule has 0 amide bonds. The first-order valence-corrected chi connectivity index (χ1v) is 7.22. The lowest BCUT2D eigenvalue weighted by atomic mass is 10.1. The summed E-state index contributed by atoms with van der Waals surface area (Å²) in [7, 11) is -2.85. The largest absolute Gasteiger partial charge is 0.307 e. The van der Waals surface area contributed by atoms with Gasteiger partial charge in [0.1, 0.15) is 5.82 Å². The van der Waals surface area contributed by atoms with Crippen molar-refractivity contribution in [1.82, 2.24) is 15.3 Å². The van der Waals surface area contributed by atoms with Gasteiger partial charge in [-0.15, -0.1) is 0 Å². The van der Waals surface area contributed by atoms with E-state index < -0.39 is 9.84 Å². The van der Waals surface area contributed by atoms with Crippen molar-refractivity contribution in [2.24, 2.45) is 0 Å². The smallest absolute Gasteiger partial charge is 0.151 e. The van der Waals surface area contributed by atoms with Crippen LogP contribution in [-0.4, -0.2) is 29.9 Å². The molecular formula is C10H13N3O2S. The predicted octanol–water partition coefficient (Wildman–Crippen LogP) is -0.0181. The average Bonchev–Trinajstić information content (AvgIpc) is 2.82. The van der Waals surface area contributed by atoms with Crippen LogP contribution >= 0.6 is 0 Å². The Morgan fingerprint density at radius 3 is 3.00 bits per heavy atom. The number of rotatable bonds is 1. The number of nitrogens with one attached hydrogen (secondary N) is 1. The molecule has 3 rings (SSSR count). The number of aromatic nitrogens is 2. The molecule has 3 heterocycles. The van der Waals surface area contributed by atoms with Crippen molar-refractivity contribution in [3.63, 3.8) is 0 Å². The second-order valence-electron chi connectivity index (χ2n) is 4.40. The Hall–Kier alpha value is -1.01. The summed E-state index contributed by atoms with van der Waals surface area (Å²) < 4.78 is 22.8. The topological polar surface area (TPSA) is 72.0 Å². The first-order valence-electron chi connectivity index (χ1n) is 5.40. The summed E-state index contributed by atoms with van der Waals surface area (Å²) in [5, 5.41) is 3.20. The maximum absolute atomic E-state index is 11.4. The summed E-state index contributed by atoms with van der Waals surface area (Å²) in [6, 6.07) is 0. The Kier molecular flexibility index (Phi) is 2.22. The van der Waals surface area contributed by atoms with Gasteiger partial charge in [0, 0.05) is 30.8 Å². The molecule has 0 bridgehead atoms. The summed E-state index contributed by atoms with van der Waals surface area (Å²) in [4.78, 5) is 8.75. The SMILES string of the molecule is O=S1(=O)CCC(c2ncc3c(n2)CNC3)C1. The summed E-state index contributed by atoms with van der Waals surface area (Å²) in [5.74, 6) is 1.18. The highest BCUT2D eigenvalue weighted by Gasteiger charge is 2.31. The number of sulfone groups is 1. The lowest BCUT2D eigenvalue weighted by molar-refractivity contribution is 0.601. The first-order chi connectivity index (χ1) is 7.64. The Morgan fingerprint density at radius 1 is 1.38 bits per heavy atom. The number of hydrogen-bond acceptors (Lipinski definition) is 5. The zero-order chi connectivity index (χ0) is 11.2. The van der Waals surface area contributed by atoms with Gasteiger partial charge in [0.05, 0.1) is 17.2 Å². The normalized spacial score (nSPS) is 26.9. The molecule has 5 nitrogen and oxygen atoms in total. The number of nitrogens with zero attached hydrogens (tertiary/aromatic N) is 2. The molecule has 0 aromatic carbocycles. The predicted molar refractivity (Wildman–Crippen MR) is 58.6 cm³/mol. The molecule has 16 heavy (non-hydrogen) atoms. The Labute approximate surface area is 94.2 Å². The van der Waals surface area contributed by atoms with Gasteiger partial charge in [0.15, 0.2) is 9.84 Å². The molecule has 1 aromatic heterocycles. The van der Waals surface area contributed by atoms with Crippen molar-refractivity contribution in [2.75, 3.05) is 11.5 Å². The lowest BCUT2D eigenvalue weighted by Crippen LogP contribution is -2.08. The molecule has 1 aromatic rings. The zero-order valence-electron chi connectivity index (χ0n) is 8.81. The van der Waals surface area contributed by atoms with Crippen molar-refractivity contribution < 1.29 is 8.42 Å². The lowest BCUT2D eigenvalue weighted by Gasteiger charge is -2.07. The molecule has 1 N–H and O–H groups in total. The van der Waals surface area contributed by atoms with E-state index in [4.69, 9.17) is 0 Å². The second kappa shape index (κ2) is 3.49. The molecule has 2 aliphatic heterocycles. The number of hydrogen-bond donors (Lipinski definition) is 1. The van der Waals surface area contributed by atoms with E-state index >= 15 is 0 Å². The van der Waals surface area contributed by atoms with E-state index in [2.05, 4.69) is 15.3 Å². The molecule has 1 fully saturated rings. The van der Waals surface area contributed by atoms with Crippen LogP contribution in [0, 0.1) is 0 Å². The summed E-state index contributed by atoms with van der Waals surface area (Å²) in [5.41, 5.74) is 2.15. The minimum absolute atomic E-state index is 0.00380. The molecule has 1 saturated heterocycles. The zero-order valence-corrected chi connectivity index (χ0v) is 9.63. The minimum atomic E-state index is -2.85. The molecule has 0 spiro atoms. The third-order valence-corrected chi connectivity index (χ3v) is 4.95. The van der Waals surface area contributed by atoms with Gasteiger partial charge in [0.25, 0.3) is 0 Å². The molecule has 86 valence electrons. The van der Waals surface area contributed by atoms with Crippen LogP contribution in [0.25, 0.3) is 0 Å². The third kappa shape index (κ3) is 1.72. The van der Waals surface area contributed by atoms with Gasteiger partial charge in [-0.3, -0.25) is 0 Å². The van der Waals surface area contributed by atoms with Gasteiger partial charge in [-0.1, -0.05) is 0 Å². The maximum Gasteiger partial charge on any atom is 0.151 e. The van der Waals surface area contributed by atoms with Gasteiger partial charge in [-0.25, -0.2) is 18.4 Å². The van der Waals surface area contributed by atoms with Crippen molar-refractivity contribution in [1.29, 1.82) is 0 Å². The van der Waals surface area contributed by atoms with Crippen LogP contribution in [0.15, 0.2) is 6.20 Å². The average molecular weight is 239 g/mol. The fourth-order valence-electron chi connectivity index (χ4n) is 2.27. The highest BCUT2D eigenvalue weighted by molar-refractivity contribution is 7.91. The van der Waals surface area contributed by atoms with E-state index in [0.717, 1.165) is 24.3 Å². The van der Waals surface area contributed by atoms with Crippen LogP contribution in [0.2, 0.25) is 0 Å². The highest BCUT2D eigenvalue weighted by Crippen LogP contribution is 2.27. The van der Waals surface area contributed by atoms with E-state index in [-0.39, 0.29) is 17.4 Å². The quantitative estimate of drug-likeness (QED) is 0.746. The van der Waals surface area contributed by atoms with Crippen LogP contribution in [0.3, 0.4) is 0 Å². The molecule has 0 radical (unpaired) electrons. The summed E-state index contributed by atoms with van der Waals surface area (Å²) >= 11 is 0. The molecule has 0 saturated carbocycles. The van der Waals surface area contributed by atoms with Crippen LogP contribution < -0.4 is 5.32 Å². The van der Waals surface area contributed by atoms with Crippen LogP contribution in [0.5, 0.6) is 0 Å². The molecule has 1 atom stereocenters. The summed E-state index contributed by atoms with van der Waals surface area (Å²) in [6.07, 6.45) is 2.48. The van der Waals surface area contributed by atoms with Crippen molar-refractivity contribution in [3.05, 3.63) is 23.3 Å². The van der Waals surface area contributed by atoms with Crippen LogP contribution in [0.4, 0.5) is 0 Å². The fourth-order valence-corrected chi connectivity index (χ4v) is 4.01. The van der Waals surface area contributed by atoms with Crippen molar-refractivity contribution in [2.45, 2.75) is 25.4 Å². The van der Waals surface area contributed by atoms with Gasteiger partial charge >= 0.3 is 0 Å². The number of fused-ring (bicyclic) bond motifs is 1. The van der Waals surface area contributed by atoms with E-state index in [0.29, 0.717) is 12.2 Å². The van der Waals surface area contributed by atoms with Crippen molar-refractivity contribution >= 4 is 9.84 Å². The van der Waals surface area contributed by atoms with Crippen molar-refractivity contribution in [3.8, 4) is 0 Å². The summed E-state index contributed by atoms with van der Waals surface area (Å²) in [6.45, 7) is 1.59. The van der Waals surface area contributed by atoms with Gasteiger partial charge in [0.2, 0.25) is 0 Å². The van der Waals surface area contributed by atoms with Gasteiger partial charge < -0.3 is 5.32 Å². The molecular weight excluding hydrogens is 226 g/mol.